The van der Waals surface area contributed by atoms with Gasteiger partial charge in [0.1, 0.15) is 0 Å². The van der Waals surface area contributed by atoms with Gasteiger partial charge in [-0.2, -0.15) is 0 Å². The fraction of sp³-hybridized carbons (Fsp3) is 0.556. The van der Waals surface area contributed by atoms with E-state index in [1.807, 2.05) is 41.5 Å². The number of anilines is 1. The van der Waals surface area contributed by atoms with Crippen LogP contribution in [0.3, 0.4) is 0 Å². The molecule has 1 aromatic rings. The summed E-state index contributed by atoms with van der Waals surface area (Å²) in [6.07, 6.45) is 0.295. The molecule has 4 nitrogen and oxygen atoms in total. The summed E-state index contributed by atoms with van der Waals surface area (Å²) in [6.45, 7) is 13.9. The number of aryl methyl sites for hydroxylation is 3. The highest BCUT2D eigenvalue weighted by molar-refractivity contribution is 5.92. The molecule has 1 N–H and O–H groups in total. The summed E-state index contributed by atoms with van der Waals surface area (Å²) in [5.41, 5.74) is 3.90. The molecule has 0 aliphatic rings. The maximum absolute atomic E-state index is 12.2. The van der Waals surface area contributed by atoms with Crippen LogP contribution in [0.1, 0.15) is 50.8 Å². The Bertz CT molecular complexity index is 548. The summed E-state index contributed by atoms with van der Waals surface area (Å²) in [6, 6.07) is 4.11. The minimum absolute atomic E-state index is 0.0111. The molecule has 0 saturated carbocycles. The molecule has 4 heteroatoms. The van der Waals surface area contributed by atoms with Crippen LogP contribution in [0.2, 0.25) is 0 Å². The van der Waals surface area contributed by atoms with E-state index in [1.54, 1.807) is 4.90 Å². The van der Waals surface area contributed by atoms with Crippen molar-refractivity contribution in [3.8, 4) is 0 Å². The second kappa shape index (κ2) is 6.95. The van der Waals surface area contributed by atoms with E-state index in [-0.39, 0.29) is 17.4 Å². The van der Waals surface area contributed by atoms with E-state index in [4.69, 9.17) is 0 Å². The van der Waals surface area contributed by atoms with Crippen molar-refractivity contribution in [2.75, 3.05) is 11.9 Å². The van der Waals surface area contributed by atoms with Gasteiger partial charge in [-0.3, -0.25) is 9.59 Å². The topological polar surface area (TPSA) is 49.4 Å². The molecular weight excluding hydrogens is 276 g/mol. The third kappa shape index (κ3) is 4.86. The number of amides is 2. The summed E-state index contributed by atoms with van der Waals surface area (Å²) in [5, 5.41) is 2.97. The zero-order chi connectivity index (χ0) is 17.1. The Hall–Kier alpha value is -1.84. The molecule has 2 amide bonds. The normalized spacial score (nSPS) is 11.2. The van der Waals surface area contributed by atoms with Crippen molar-refractivity contribution < 1.29 is 9.59 Å². The molecule has 22 heavy (non-hydrogen) atoms. The lowest BCUT2D eigenvalue weighted by Crippen LogP contribution is -2.45. The van der Waals surface area contributed by atoms with E-state index in [0.29, 0.717) is 13.0 Å². The van der Waals surface area contributed by atoms with E-state index < -0.39 is 0 Å². The van der Waals surface area contributed by atoms with Crippen molar-refractivity contribution in [3.63, 3.8) is 0 Å². The van der Waals surface area contributed by atoms with E-state index in [1.165, 1.54) is 12.5 Å². The van der Waals surface area contributed by atoms with Gasteiger partial charge in [-0.25, -0.2) is 0 Å². The summed E-state index contributed by atoms with van der Waals surface area (Å²) < 4.78 is 0. The standard InChI is InChI=1S/C18H28N2O2/c1-12-10-13(2)17(14(3)11-12)19-16(22)8-9-20(15(4)21)18(5,6)7/h10-11H,8-9H2,1-7H3,(H,19,22). The summed E-state index contributed by atoms with van der Waals surface area (Å²) in [7, 11) is 0. The number of benzene rings is 1. The van der Waals surface area contributed by atoms with Crippen molar-refractivity contribution >= 4 is 17.5 Å². The smallest absolute Gasteiger partial charge is 0.226 e. The molecular formula is C18H28N2O2. The predicted octanol–water partition coefficient (Wildman–Crippen LogP) is 3.59. The van der Waals surface area contributed by atoms with Crippen LogP contribution < -0.4 is 5.32 Å². The van der Waals surface area contributed by atoms with Crippen molar-refractivity contribution in [1.29, 1.82) is 0 Å². The first-order valence-electron chi connectivity index (χ1n) is 7.68. The largest absolute Gasteiger partial charge is 0.338 e. The minimum Gasteiger partial charge on any atom is -0.338 e. The highest BCUT2D eigenvalue weighted by Crippen LogP contribution is 2.22. The third-order valence-electron chi connectivity index (χ3n) is 3.69. The Morgan fingerprint density at radius 1 is 1.09 bits per heavy atom. The fourth-order valence-corrected chi connectivity index (χ4v) is 2.76. The first kappa shape index (κ1) is 18.2. The van der Waals surface area contributed by atoms with Gasteiger partial charge in [0, 0.05) is 31.1 Å². The summed E-state index contributed by atoms with van der Waals surface area (Å²) >= 11 is 0. The summed E-state index contributed by atoms with van der Waals surface area (Å²) in [5.74, 6) is -0.0754. The number of hydrogen-bond acceptors (Lipinski definition) is 2. The van der Waals surface area contributed by atoms with Crippen LogP contribution >= 0.6 is 0 Å². The molecule has 0 fully saturated rings. The lowest BCUT2D eigenvalue weighted by Gasteiger charge is -2.34. The fourth-order valence-electron chi connectivity index (χ4n) is 2.76. The molecule has 0 saturated heterocycles. The van der Waals surface area contributed by atoms with E-state index in [2.05, 4.69) is 17.4 Å². The van der Waals surface area contributed by atoms with Crippen molar-refractivity contribution in [3.05, 3.63) is 28.8 Å². The van der Waals surface area contributed by atoms with Crippen molar-refractivity contribution in [1.82, 2.24) is 4.90 Å². The van der Waals surface area contributed by atoms with Gasteiger partial charge in [0.15, 0.2) is 0 Å². The monoisotopic (exact) mass is 304 g/mol. The average molecular weight is 304 g/mol. The van der Waals surface area contributed by atoms with E-state index >= 15 is 0 Å². The van der Waals surface area contributed by atoms with Crippen LogP contribution in [0, 0.1) is 20.8 Å². The molecule has 0 bridgehead atoms. The average Bonchev–Trinajstić information content (AvgIpc) is 2.31. The molecule has 1 aromatic carbocycles. The van der Waals surface area contributed by atoms with Gasteiger partial charge in [0.25, 0.3) is 0 Å². The van der Waals surface area contributed by atoms with Gasteiger partial charge in [-0.1, -0.05) is 17.7 Å². The van der Waals surface area contributed by atoms with Crippen LogP contribution in [0.4, 0.5) is 5.69 Å². The van der Waals surface area contributed by atoms with Gasteiger partial charge < -0.3 is 10.2 Å². The number of nitrogens with zero attached hydrogens (tertiary/aromatic N) is 1. The number of carbonyl (C=O) groups is 2. The molecule has 0 atom stereocenters. The first-order chi connectivity index (χ1) is 10.0. The highest BCUT2D eigenvalue weighted by atomic mass is 16.2. The van der Waals surface area contributed by atoms with Crippen LogP contribution in [-0.2, 0) is 9.59 Å². The molecule has 0 aromatic heterocycles. The Morgan fingerprint density at radius 2 is 1.59 bits per heavy atom. The van der Waals surface area contributed by atoms with Gasteiger partial charge in [-0.05, 0) is 52.7 Å². The van der Waals surface area contributed by atoms with Crippen LogP contribution in [0.15, 0.2) is 12.1 Å². The number of rotatable bonds is 4. The van der Waals surface area contributed by atoms with Crippen molar-refractivity contribution in [2.45, 2.75) is 60.4 Å². The van der Waals surface area contributed by atoms with Gasteiger partial charge in [0.2, 0.25) is 11.8 Å². The highest BCUT2D eigenvalue weighted by Gasteiger charge is 2.24. The minimum atomic E-state index is -0.276. The molecule has 0 spiro atoms. The quantitative estimate of drug-likeness (QED) is 0.924. The van der Waals surface area contributed by atoms with Crippen molar-refractivity contribution in [2.24, 2.45) is 0 Å². The molecule has 1 rings (SSSR count). The molecule has 0 heterocycles. The molecule has 0 radical (unpaired) electrons. The zero-order valence-electron chi connectivity index (χ0n) is 14.8. The maximum Gasteiger partial charge on any atom is 0.226 e. The van der Waals surface area contributed by atoms with Gasteiger partial charge in [0.05, 0.1) is 0 Å². The second-order valence-electron chi connectivity index (χ2n) is 6.91. The van der Waals surface area contributed by atoms with Crippen LogP contribution in [-0.4, -0.2) is 28.8 Å². The first-order valence-corrected chi connectivity index (χ1v) is 7.68. The zero-order valence-corrected chi connectivity index (χ0v) is 14.8. The van der Waals surface area contributed by atoms with Gasteiger partial charge in [-0.15, -0.1) is 0 Å². The number of carbonyl (C=O) groups excluding carboxylic acids is 2. The van der Waals surface area contributed by atoms with Gasteiger partial charge >= 0.3 is 0 Å². The van der Waals surface area contributed by atoms with E-state index in [0.717, 1.165) is 16.8 Å². The molecule has 0 aliphatic heterocycles. The lowest BCUT2D eigenvalue weighted by atomic mass is 10.0. The Morgan fingerprint density at radius 3 is 2.00 bits per heavy atom. The van der Waals surface area contributed by atoms with E-state index in [9.17, 15) is 9.59 Å². The Balaban J connectivity index is 2.74. The SMILES string of the molecule is CC(=O)N(CCC(=O)Nc1c(C)cc(C)cc1C)C(C)(C)C. The van der Waals surface area contributed by atoms with Crippen LogP contribution in [0.5, 0.6) is 0 Å². The van der Waals surface area contributed by atoms with Crippen LogP contribution in [0.25, 0.3) is 0 Å². The summed E-state index contributed by atoms with van der Waals surface area (Å²) in [4.78, 5) is 25.6. The third-order valence-corrected chi connectivity index (χ3v) is 3.69. The predicted molar refractivity (Wildman–Crippen MR) is 91.0 cm³/mol. The maximum atomic E-state index is 12.2. The molecule has 0 aliphatic carbocycles. The Kier molecular flexibility index (Phi) is 5.75. The Labute approximate surface area is 133 Å². The second-order valence-corrected chi connectivity index (χ2v) is 6.91. The number of nitrogens with one attached hydrogen (secondary N) is 1. The lowest BCUT2D eigenvalue weighted by molar-refractivity contribution is -0.134. The molecule has 0 unspecified atom stereocenters. The molecule has 122 valence electrons. The number of hydrogen-bond donors (Lipinski definition) is 1.